The van der Waals surface area contributed by atoms with Gasteiger partial charge in [-0.15, -0.1) is 0 Å². The smallest absolute Gasteiger partial charge is 0.303 e. The first kappa shape index (κ1) is 63.1. The highest BCUT2D eigenvalue weighted by Crippen LogP contribution is 2.29. The molecule has 2 saturated heterocycles. The topological polar surface area (TPSA) is 252 Å². The van der Waals surface area contributed by atoms with E-state index in [0.29, 0.717) is 71.2 Å². The molecule has 2 aliphatic carbocycles. The zero-order valence-corrected chi connectivity index (χ0v) is 45.5. The molecule has 2 aromatic carbocycles. The Morgan fingerprint density at radius 3 is 1.18 bits per heavy atom. The molecule has 4 heterocycles. The van der Waals surface area contributed by atoms with Crippen molar-refractivity contribution >= 4 is 59.0 Å². The lowest BCUT2D eigenvalue weighted by molar-refractivity contribution is -0.143. The van der Waals surface area contributed by atoms with Gasteiger partial charge in [-0.05, 0) is 116 Å². The maximum atomic E-state index is 14.2. The van der Waals surface area contributed by atoms with Crippen LogP contribution in [0.4, 0.5) is 55.8 Å². The van der Waals surface area contributed by atoms with Crippen molar-refractivity contribution in [2.75, 3.05) is 107 Å². The number of methoxy groups -OCH3 is 2. The minimum atomic E-state index is -1.08. The van der Waals surface area contributed by atoms with Crippen LogP contribution in [0.15, 0.2) is 36.4 Å². The van der Waals surface area contributed by atoms with Gasteiger partial charge in [-0.25, -0.2) is 8.78 Å². The number of carbonyl (C=O) groups is 2. The molecular weight excluding hydrogens is 995 g/mol. The molecule has 4 fully saturated rings. The number of rotatable bonds is 17. The summed E-state index contributed by atoms with van der Waals surface area (Å²) in [7, 11) is 12.3. The van der Waals surface area contributed by atoms with Crippen molar-refractivity contribution < 1.29 is 43.2 Å². The van der Waals surface area contributed by atoms with Gasteiger partial charge in [0.25, 0.3) is 0 Å². The fourth-order valence-electron chi connectivity index (χ4n) is 9.55. The van der Waals surface area contributed by atoms with E-state index < -0.39 is 23.6 Å². The van der Waals surface area contributed by atoms with E-state index in [-0.39, 0.29) is 31.8 Å². The number of nitrogens with zero attached hydrogens (tertiary/aromatic N) is 10. The van der Waals surface area contributed by atoms with E-state index >= 15 is 0 Å². The van der Waals surface area contributed by atoms with E-state index in [1.165, 1.54) is 77.7 Å². The summed E-state index contributed by atoms with van der Waals surface area (Å²) >= 11 is 0. The van der Waals surface area contributed by atoms with Crippen LogP contribution in [0.25, 0.3) is 0 Å². The highest BCUT2D eigenvalue weighted by atomic mass is 19.1. The van der Waals surface area contributed by atoms with Crippen LogP contribution < -0.4 is 40.5 Å². The standard InChI is InChI=1S/2C24H36FN7O.C4H6O4.CH4O.CH4/c2*1-31-14-12-19(13-15-31)32(2)24-29-22(26-17-8-6-4-5-7-9-17)28-23(30-24)27-18-10-11-21(33-3)20(25)16-18;5-3(6)1-2-4(7)8;1-2;/h2*10-11,16-17,19H,4-9,12-15H2,1-3H3,(H2,26,27,28,29,30);1-2H2,(H,5,6)(H,7,8);2H,1H3;1H4. The van der Waals surface area contributed by atoms with E-state index in [4.69, 9.17) is 44.7 Å². The second-order valence-corrected chi connectivity index (χ2v) is 19.8. The van der Waals surface area contributed by atoms with Crippen molar-refractivity contribution in [3.8, 4) is 11.5 Å². The van der Waals surface area contributed by atoms with Gasteiger partial charge in [0, 0.05) is 68.9 Å². The number of hydrogen-bond acceptors (Lipinski definition) is 19. The molecule has 8 rings (SSSR count). The van der Waals surface area contributed by atoms with E-state index in [2.05, 4.69) is 79.0 Å². The van der Waals surface area contributed by atoms with Gasteiger partial charge < -0.3 is 65.7 Å². The summed E-state index contributed by atoms with van der Waals surface area (Å²) < 4.78 is 38.5. The molecule has 0 bridgehead atoms. The van der Waals surface area contributed by atoms with Gasteiger partial charge in [0.05, 0.1) is 27.1 Å². The molecule has 21 nitrogen and oxygen atoms in total. The van der Waals surface area contributed by atoms with Crippen molar-refractivity contribution in [3.63, 3.8) is 0 Å². The van der Waals surface area contributed by atoms with Crippen LogP contribution in [-0.4, -0.2) is 167 Å². The fraction of sp³-hybridized carbons (Fsp3) is 0.630. The number of nitrogens with one attached hydrogen (secondary N) is 4. The second-order valence-electron chi connectivity index (χ2n) is 19.8. The zero-order chi connectivity index (χ0) is 55.0. The van der Waals surface area contributed by atoms with E-state index in [1.807, 2.05) is 0 Å². The molecule has 7 N–H and O–H groups in total. The lowest BCUT2D eigenvalue weighted by Gasteiger charge is -2.35. The van der Waals surface area contributed by atoms with Gasteiger partial charge in [0.2, 0.25) is 35.7 Å². The quantitative estimate of drug-likeness (QED) is 0.0487. The van der Waals surface area contributed by atoms with Crippen LogP contribution in [0, 0.1) is 11.6 Å². The Morgan fingerprint density at radius 2 is 0.883 bits per heavy atom. The summed E-state index contributed by atoms with van der Waals surface area (Å²) in [6.07, 6.45) is 18.2. The van der Waals surface area contributed by atoms with E-state index in [9.17, 15) is 18.4 Å². The highest BCUT2D eigenvalue weighted by Gasteiger charge is 2.26. The Bertz CT molecular complexity index is 2220. The number of aromatic nitrogens is 6. The van der Waals surface area contributed by atoms with Gasteiger partial charge in [-0.3, -0.25) is 9.59 Å². The van der Waals surface area contributed by atoms with Crippen LogP contribution in [0.2, 0.25) is 0 Å². The molecule has 77 heavy (non-hydrogen) atoms. The number of aliphatic carboxylic acids is 2. The molecule has 2 aromatic heterocycles. The molecule has 0 unspecified atom stereocenters. The maximum Gasteiger partial charge on any atom is 0.303 e. The van der Waals surface area contributed by atoms with Crippen LogP contribution in [0.5, 0.6) is 11.5 Å². The first-order chi connectivity index (χ1) is 36.7. The Labute approximate surface area is 454 Å². The molecule has 0 radical (unpaired) electrons. The minimum absolute atomic E-state index is 0. The third-order valence-corrected chi connectivity index (χ3v) is 14.1. The second kappa shape index (κ2) is 33.0. The van der Waals surface area contributed by atoms with Gasteiger partial charge in [0.1, 0.15) is 0 Å². The highest BCUT2D eigenvalue weighted by molar-refractivity contribution is 5.75. The molecule has 0 atom stereocenters. The third kappa shape index (κ3) is 21.1. The van der Waals surface area contributed by atoms with E-state index in [0.717, 1.165) is 84.7 Å². The van der Waals surface area contributed by atoms with Crippen molar-refractivity contribution in [3.05, 3.63) is 48.0 Å². The average Bonchev–Trinajstić information content (AvgIpc) is 3.84. The molecule has 0 spiro atoms. The number of carboxylic acids is 2. The summed E-state index contributed by atoms with van der Waals surface area (Å²) in [6, 6.07) is 11.0. The molecule has 23 heteroatoms. The third-order valence-electron chi connectivity index (χ3n) is 14.1. The summed E-state index contributed by atoms with van der Waals surface area (Å²) in [5.41, 5.74) is 1.13. The molecule has 0 amide bonds. The molecule has 2 aliphatic heterocycles. The SMILES string of the molecule is C.CO.COc1ccc(Nc2nc(NC3CCCCCC3)nc(N(C)C3CCN(C)CC3)n2)cc1F.COc1ccc(Nc2nc(NC3CCCCCC3)nc(N(C)C3CCN(C)CC3)n2)cc1F.O=C(O)CCC(=O)O. The predicted octanol–water partition coefficient (Wildman–Crippen LogP) is 9.04. The lowest BCUT2D eigenvalue weighted by Crippen LogP contribution is -2.42. The van der Waals surface area contributed by atoms with Crippen LogP contribution in [0.3, 0.4) is 0 Å². The first-order valence-electron chi connectivity index (χ1n) is 26.6. The fourth-order valence-corrected chi connectivity index (χ4v) is 9.55. The molecule has 2 saturated carbocycles. The maximum absolute atomic E-state index is 14.2. The number of aliphatic hydroxyl groups excluding tert-OH is 1. The summed E-state index contributed by atoms with van der Waals surface area (Å²) in [4.78, 5) is 56.5. The van der Waals surface area contributed by atoms with Crippen molar-refractivity contribution in [2.45, 2.75) is 147 Å². The van der Waals surface area contributed by atoms with Crippen LogP contribution >= 0.6 is 0 Å². The summed E-state index contributed by atoms with van der Waals surface area (Å²) in [5, 5.41) is 36.2. The van der Waals surface area contributed by atoms with Gasteiger partial charge in [-0.1, -0.05) is 58.8 Å². The number of carboxylic acid groups (broad SMARTS) is 2. The number of anilines is 8. The van der Waals surface area contributed by atoms with Gasteiger partial charge >= 0.3 is 11.9 Å². The number of piperidine rings is 2. The number of halogens is 2. The van der Waals surface area contributed by atoms with Crippen LogP contribution in [-0.2, 0) is 9.59 Å². The lowest BCUT2D eigenvalue weighted by atomic mass is 10.0. The number of benzene rings is 2. The van der Waals surface area contributed by atoms with Gasteiger partial charge in [0.15, 0.2) is 23.1 Å². The molecular formula is C54H86F2N14O7. The normalized spacial score (nSPS) is 16.9. The van der Waals surface area contributed by atoms with Crippen molar-refractivity contribution in [1.29, 1.82) is 0 Å². The molecule has 428 valence electrons. The predicted molar refractivity (Wildman–Crippen MR) is 300 cm³/mol. The monoisotopic (exact) mass is 1080 g/mol. The first-order valence-corrected chi connectivity index (χ1v) is 26.6. The van der Waals surface area contributed by atoms with Crippen LogP contribution in [0.1, 0.15) is 123 Å². The Morgan fingerprint density at radius 1 is 0.558 bits per heavy atom. The van der Waals surface area contributed by atoms with Gasteiger partial charge in [-0.2, -0.15) is 29.9 Å². The Kier molecular flexibility index (Phi) is 27.0. The Hall–Kier alpha value is -6.46. The Balaban J connectivity index is 0.000000280. The molecule has 4 aromatic rings. The van der Waals surface area contributed by atoms with Crippen molar-refractivity contribution in [2.24, 2.45) is 0 Å². The number of aliphatic hydroxyl groups is 1. The largest absolute Gasteiger partial charge is 0.494 e. The number of ether oxygens (including phenoxy) is 2. The minimum Gasteiger partial charge on any atom is -0.494 e. The van der Waals surface area contributed by atoms with E-state index in [1.54, 1.807) is 24.3 Å². The number of hydrogen-bond donors (Lipinski definition) is 7. The summed E-state index contributed by atoms with van der Waals surface area (Å²) in [6.45, 7) is 4.24. The zero-order valence-electron chi connectivity index (χ0n) is 45.5. The molecule has 4 aliphatic rings. The number of likely N-dealkylation sites (tertiary alicyclic amines) is 2. The average molecular weight is 1080 g/mol. The summed E-state index contributed by atoms with van der Waals surface area (Å²) in [5.74, 6) is 0.602. The van der Waals surface area contributed by atoms with Crippen molar-refractivity contribution in [1.82, 2.24) is 39.7 Å².